The number of nitriles is 1. The van der Waals surface area contributed by atoms with E-state index in [1.54, 1.807) is 24.3 Å². The fourth-order valence-corrected chi connectivity index (χ4v) is 1.72. The number of H-pyrrole nitrogens is 1. The number of hydrogen-bond acceptors (Lipinski definition) is 5. The molecule has 0 spiro atoms. The van der Waals surface area contributed by atoms with E-state index in [4.69, 9.17) is 16.4 Å². The molecule has 7 heteroatoms. The Morgan fingerprint density at radius 3 is 2.90 bits per heavy atom. The zero-order valence-electron chi connectivity index (χ0n) is 10.7. The lowest BCUT2D eigenvalue weighted by Gasteiger charge is -2.04. The summed E-state index contributed by atoms with van der Waals surface area (Å²) in [5.41, 5.74) is 9.49. The van der Waals surface area contributed by atoms with E-state index in [2.05, 4.69) is 15.5 Å². The molecule has 0 radical (unpaired) electrons. The minimum atomic E-state index is -0.422. The third kappa shape index (κ3) is 2.64. The number of nitrogens with one attached hydrogen (secondary N) is 3. The minimum Gasteiger partial charge on any atom is -0.382 e. The molecule has 5 N–H and O–H groups in total. The molecule has 0 atom stereocenters. The molecule has 100 valence electrons. The lowest BCUT2D eigenvalue weighted by Crippen LogP contribution is -2.21. The number of pyridine rings is 1. The first-order valence-electron chi connectivity index (χ1n) is 5.73. The SMILES string of the molecule is Cc1cc(=O)c2cc(N/N=C(\C#N)C(=N)N)ccc2[nH]1. The number of anilines is 1. The second-order valence-corrected chi connectivity index (χ2v) is 4.17. The molecule has 0 aliphatic rings. The van der Waals surface area contributed by atoms with Gasteiger partial charge in [0, 0.05) is 22.7 Å². The van der Waals surface area contributed by atoms with Crippen molar-refractivity contribution >= 4 is 28.1 Å². The highest BCUT2D eigenvalue weighted by Crippen LogP contribution is 2.15. The number of hydrazone groups is 1. The first-order valence-corrected chi connectivity index (χ1v) is 5.73. The van der Waals surface area contributed by atoms with Crippen molar-refractivity contribution in [3.8, 4) is 6.07 Å². The lowest BCUT2D eigenvalue weighted by atomic mass is 10.2. The van der Waals surface area contributed by atoms with Crippen molar-refractivity contribution in [3.63, 3.8) is 0 Å². The number of rotatable bonds is 3. The molecule has 0 amide bonds. The van der Waals surface area contributed by atoms with Gasteiger partial charge in [0.25, 0.3) is 0 Å². The van der Waals surface area contributed by atoms with E-state index in [1.807, 2.05) is 6.92 Å². The molecule has 0 saturated carbocycles. The maximum absolute atomic E-state index is 11.9. The van der Waals surface area contributed by atoms with Crippen LogP contribution in [0.4, 0.5) is 5.69 Å². The van der Waals surface area contributed by atoms with E-state index in [9.17, 15) is 4.79 Å². The highest BCUT2D eigenvalue weighted by atomic mass is 16.1. The monoisotopic (exact) mass is 268 g/mol. The van der Waals surface area contributed by atoms with Crippen LogP contribution in [0, 0.1) is 23.7 Å². The van der Waals surface area contributed by atoms with E-state index in [1.165, 1.54) is 6.07 Å². The van der Waals surface area contributed by atoms with Gasteiger partial charge in [-0.1, -0.05) is 0 Å². The van der Waals surface area contributed by atoms with Crippen molar-refractivity contribution in [2.24, 2.45) is 10.8 Å². The largest absolute Gasteiger partial charge is 0.382 e. The highest BCUT2D eigenvalue weighted by Gasteiger charge is 2.03. The van der Waals surface area contributed by atoms with Crippen molar-refractivity contribution < 1.29 is 0 Å². The highest BCUT2D eigenvalue weighted by molar-refractivity contribution is 6.45. The Hall–Kier alpha value is -3.14. The van der Waals surface area contributed by atoms with Crippen LogP contribution >= 0.6 is 0 Å². The van der Waals surface area contributed by atoms with Gasteiger partial charge >= 0.3 is 0 Å². The van der Waals surface area contributed by atoms with Gasteiger partial charge in [-0.05, 0) is 25.1 Å². The normalized spacial score (nSPS) is 11.1. The third-order valence-corrected chi connectivity index (χ3v) is 2.62. The first-order chi connectivity index (χ1) is 9.51. The Bertz CT molecular complexity index is 812. The van der Waals surface area contributed by atoms with Crippen LogP contribution in [-0.2, 0) is 0 Å². The van der Waals surface area contributed by atoms with Gasteiger partial charge in [0.15, 0.2) is 11.3 Å². The zero-order chi connectivity index (χ0) is 14.7. The van der Waals surface area contributed by atoms with Gasteiger partial charge in [-0.3, -0.25) is 15.6 Å². The molecular formula is C13H12N6O. The molecule has 7 nitrogen and oxygen atoms in total. The van der Waals surface area contributed by atoms with Crippen LogP contribution in [0.25, 0.3) is 10.9 Å². The fourth-order valence-electron chi connectivity index (χ4n) is 1.72. The number of aromatic nitrogens is 1. The number of benzene rings is 1. The zero-order valence-corrected chi connectivity index (χ0v) is 10.7. The summed E-state index contributed by atoms with van der Waals surface area (Å²) in [4.78, 5) is 14.9. The molecule has 1 aromatic heterocycles. The minimum absolute atomic E-state index is 0.101. The topological polar surface area (TPSA) is 131 Å². The summed E-state index contributed by atoms with van der Waals surface area (Å²) in [6, 6.07) is 8.26. The fraction of sp³-hybridized carbons (Fsp3) is 0.0769. The maximum Gasteiger partial charge on any atom is 0.201 e. The molecule has 0 bridgehead atoms. The maximum atomic E-state index is 11.9. The Balaban J connectivity index is 2.41. The summed E-state index contributed by atoms with van der Waals surface area (Å²) >= 11 is 0. The summed E-state index contributed by atoms with van der Waals surface area (Å²) in [6.45, 7) is 1.81. The van der Waals surface area contributed by atoms with Crippen LogP contribution in [0.15, 0.2) is 34.2 Å². The van der Waals surface area contributed by atoms with Gasteiger partial charge in [0.2, 0.25) is 5.71 Å². The molecule has 0 fully saturated rings. The summed E-state index contributed by atoms with van der Waals surface area (Å²) in [5, 5.41) is 20.1. The van der Waals surface area contributed by atoms with Crippen LogP contribution < -0.4 is 16.6 Å². The average Bonchev–Trinajstić information content (AvgIpc) is 2.39. The van der Waals surface area contributed by atoms with Crippen LogP contribution in [0.1, 0.15) is 5.69 Å². The van der Waals surface area contributed by atoms with Crippen molar-refractivity contribution in [3.05, 3.63) is 40.2 Å². The van der Waals surface area contributed by atoms with Gasteiger partial charge in [-0.2, -0.15) is 10.4 Å². The van der Waals surface area contributed by atoms with Gasteiger partial charge in [-0.15, -0.1) is 0 Å². The molecule has 0 unspecified atom stereocenters. The number of amidine groups is 1. The molecule has 1 aromatic carbocycles. The van der Waals surface area contributed by atoms with Crippen molar-refractivity contribution in [2.75, 3.05) is 5.43 Å². The molecule has 2 rings (SSSR count). The first kappa shape index (κ1) is 13.3. The van der Waals surface area contributed by atoms with Crippen LogP contribution in [0.3, 0.4) is 0 Å². The summed E-state index contributed by atoms with van der Waals surface area (Å²) in [7, 11) is 0. The standard InChI is InChI=1S/C13H12N6O/c1-7-4-12(20)9-5-8(2-3-10(9)17-7)18-19-11(6-14)13(15)16/h2-5,18H,1H3,(H3,15,16)(H,17,20)/b19-11+. The van der Waals surface area contributed by atoms with Crippen LogP contribution in [0.2, 0.25) is 0 Å². The number of hydrogen-bond donors (Lipinski definition) is 4. The number of aromatic amines is 1. The van der Waals surface area contributed by atoms with Crippen molar-refractivity contribution in [2.45, 2.75) is 6.92 Å². The molecule has 1 heterocycles. The van der Waals surface area contributed by atoms with Gasteiger partial charge in [0.05, 0.1) is 5.69 Å². The Kier molecular flexibility index (Phi) is 3.48. The quantitative estimate of drug-likeness (QED) is 0.376. The summed E-state index contributed by atoms with van der Waals surface area (Å²) < 4.78 is 0. The second-order valence-electron chi connectivity index (χ2n) is 4.17. The number of aryl methyl sites for hydroxylation is 1. The molecule has 2 aromatic rings. The van der Waals surface area contributed by atoms with Crippen molar-refractivity contribution in [1.29, 1.82) is 10.7 Å². The van der Waals surface area contributed by atoms with E-state index in [0.29, 0.717) is 11.1 Å². The van der Waals surface area contributed by atoms with Gasteiger partial charge in [-0.25, -0.2) is 0 Å². The Morgan fingerprint density at radius 2 is 2.25 bits per heavy atom. The van der Waals surface area contributed by atoms with Gasteiger partial charge < -0.3 is 10.7 Å². The van der Waals surface area contributed by atoms with Crippen LogP contribution in [-0.4, -0.2) is 16.5 Å². The predicted octanol–water partition coefficient (Wildman–Crippen LogP) is 1.06. The van der Waals surface area contributed by atoms with Gasteiger partial charge in [0.1, 0.15) is 6.07 Å². The van der Waals surface area contributed by atoms with E-state index in [-0.39, 0.29) is 11.1 Å². The van der Waals surface area contributed by atoms with E-state index >= 15 is 0 Å². The molecule has 0 saturated heterocycles. The lowest BCUT2D eigenvalue weighted by molar-refractivity contribution is 1.24. The Morgan fingerprint density at radius 1 is 1.50 bits per heavy atom. The molecule has 0 aliphatic carbocycles. The number of nitrogens with zero attached hydrogens (tertiary/aromatic N) is 2. The second kappa shape index (κ2) is 5.24. The van der Waals surface area contributed by atoms with E-state index in [0.717, 1.165) is 11.2 Å². The van der Waals surface area contributed by atoms with Crippen molar-refractivity contribution in [1.82, 2.24) is 4.98 Å². The molecule has 0 aliphatic heterocycles. The summed E-state index contributed by atoms with van der Waals surface area (Å²) in [5.74, 6) is -0.422. The Labute approximate surface area is 114 Å². The summed E-state index contributed by atoms with van der Waals surface area (Å²) in [6.07, 6.45) is 0. The van der Waals surface area contributed by atoms with Crippen LogP contribution in [0.5, 0.6) is 0 Å². The molecule has 20 heavy (non-hydrogen) atoms. The third-order valence-electron chi connectivity index (χ3n) is 2.62. The number of fused-ring (bicyclic) bond motifs is 1. The predicted molar refractivity (Wildman–Crippen MR) is 77.9 cm³/mol. The molecular weight excluding hydrogens is 256 g/mol. The van der Waals surface area contributed by atoms with E-state index < -0.39 is 5.84 Å². The number of nitrogens with two attached hydrogens (primary N) is 1. The average molecular weight is 268 g/mol. The smallest absolute Gasteiger partial charge is 0.201 e.